The lowest BCUT2D eigenvalue weighted by atomic mass is 10.2. The Morgan fingerprint density at radius 2 is 1.67 bits per heavy atom. The van der Waals surface area contributed by atoms with Crippen LogP contribution in [-0.4, -0.2) is 33.1 Å². The number of hydrogen-bond acceptors (Lipinski definition) is 5. The highest BCUT2D eigenvalue weighted by molar-refractivity contribution is 6.02. The van der Waals surface area contributed by atoms with E-state index in [4.69, 9.17) is 9.84 Å². The summed E-state index contributed by atoms with van der Waals surface area (Å²) in [5.74, 6) is -0.860. The lowest BCUT2D eigenvalue weighted by Gasteiger charge is -2.13. The fourth-order valence-corrected chi connectivity index (χ4v) is 2.57. The highest BCUT2D eigenvalue weighted by Gasteiger charge is 2.16. The smallest absolute Gasteiger partial charge is 0.356 e. The van der Waals surface area contributed by atoms with Crippen LogP contribution in [0.3, 0.4) is 0 Å². The van der Waals surface area contributed by atoms with Crippen molar-refractivity contribution in [2.45, 2.75) is 31.8 Å². The van der Waals surface area contributed by atoms with Gasteiger partial charge in [-0.05, 0) is 49.9 Å². The summed E-state index contributed by atoms with van der Waals surface area (Å²) in [6.45, 7) is 0. The average Bonchev–Trinajstić information content (AvgIpc) is 3.09. The molecule has 24 heavy (non-hydrogen) atoms. The third-order valence-corrected chi connectivity index (χ3v) is 3.82. The fourth-order valence-electron chi connectivity index (χ4n) is 2.57. The normalized spacial score (nSPS) is 14.3. The SMILES string of the molecule is O=C(O)c1cnc(C(=O)Nc2ccc(OC3CCCC3)cc2)cn1. The molecule has 7 heteroatoms. The van der Waals surface area contributed by atoms with Crippen molar-refractivity contribution in [3.63, 3.8) is 0 Å². The molecule has 3 rings (SSSR count). The second kappa shape index (κ2) is 7.08. The van der Waals surface area contributed by atoms with E-state index in [9.17, 15) is 9.59 Å². The van der Waals surface area contributed by atoms with Gasteiger partial charge in [0.2, 0.25) is 0 Å². The predicted octanol–water partition coefficient (Wildman–Crippen LogP) is 2.75. The standard InChI is InChI=1S/C17H17N3O4/c21-16(14-9-19-15(10-18-14)17(22)23)20-11-5-7-13(8-6-11)24-12-3-1-2-4-12/h5-10,12H,1-4H2,(H,20,21)(H,22,23). The van der Waals surface area contributed by atoms with E-state index in [1.807, 2.05) is 12.1 Å². The van der Waals surface area contributed by atoms with Crippen molar-refractivity contribution in [2.24, 2.45) is 0 Å². The van der Waals surface area contributed by atoms with E-state index in [1.54, 1.807) is 12.1 Å². The minimum Gasteiger partial charge on any atom is -0.490 e. The van der Waals surface area contributed by atoms with Gasteiger partial charge in [-0.2, -0.15) is 0 Å². The van der Waals surface area contributed by atoms with E-state index < -0.39 is 11.9 Å². The van der Waals surface area contributed by atoms with Gasteiger partial charge in [0, 0.05) is 5.69 Å². The summed E-state index contributed by atoms with van der Waals surface area (Å²) < 4.78 is 5.86. The van der Waals surface area contributed by atoms with Crippen LogP contribution in [0.1, 0.15) is 46.7 Å². The molecule has 0 unspecified atom stereocenters. The first-order valence-corrected chi connectivity index (χ1v) is 7.75. The second-order valence-electron chi connectivity index (χ2n) is 5.59. The minimum atomic E-state index is -1.19. The number of aromatic nitrogens is 2. The van der Waals surface area contributed by atoms with Gasteiger partial charge >= 0.3 is 5.97 Å². The summed E-state index contributed by atoms with van der Waals surface area (Å²) >= 11 is 0. The zero-order valence-corrected chi connectivity index (χ0v) is 12.9. The second-order valence-corrected chi connectivity index (χ2v) is 5.59. The first-order chi connectivity index (χ1) is 11.6. The van der Waals surface area contributed by atoms with Crippen molar-refractivity contribution in [1.82, 2.24) is 9.97 Å². The Morgan fingerprint density at radius 1 is 1.04 bits per heavy atom. The number of amides is 1. The van der Waals surface area contributed by atoms with Gasteiger partial charge in [0.15, 0.2) is 5.69 Å². The predicted molar refractivity (Wildman–Crippen MR) is 86.3 cm³/mol. The maximum Gasteiger partial charge on any atom is 0.356 e. The van der Waals surface area contributed by atoms with Crippen LogP contribution in [0, 0.1) is 0 Å². The van der Waals surface area contributed by atoms with Gasteiger partial charge in [-0.3, -0.25) is 4.79 Å². The lowest BCUT2D eigenvalue weighted by molar-refractivity contribution is 0.0689. The molecule has 1 aliphatic carbocycles. The van der Waals surface area contributed by atoms with E-state index in [-0.39, 0.29) is 17.5 Å². The zero-order valence-electron chi connectivity index (χ0n) is 12.9. The number of nitrogens with zero attached hydrogens (tertiary/aromatic N) is 2. The van der Waals surface area contributed by atoms with Gasteiger partial charge < -0.3 is 15.2 Å². The Bertz CT molecular complexity index is 723. The molecule has 7 nitrogen and oxygen atoms in total. The number of rotatable bonds is 5. The van der Waals surface area contributed by atoms with Gasteiger partial charge in [-0.1, -0.05) is 0 Å². The van der Waals surface area contributed by atoms with Crippen LogP contribution in [0.4, 0.5) is 5.69 Å². The Morgan fingerprint density at radius 3 is 2.25 bits per heavy atom. The Balaban J connectivity index is 1.60. The van der Waals surface area contributed by atoms with E-state index in [1.165, 1.54) is 12.8 Å². The minimum absolute atomic E-state index is 0.0475. The van der Waals surface area contributed by atoms with Crippen LogP contribution in [0.15, 0.2) is 36.7 Å². The molecule has 0 atom stereocenters. The lowest BCUT2D eigenvalue weighted by Crippen LogP contribution is -2.15. The Kier molecular flexibility index (Phi) is 4.69. The molecule has 1 heterocycles. The van der Waals surface area contributed by atoms with Crippen molar-refractivity contribution in [3.05, 3.63) is 48.0 Å². The van der Waals surface area contributed by atoms with Crippen LogP contribution < -0.4 is 10.1 Å². The number of nitrogens with one attached hydrogen (secondary N) is 1. The number of ether oxygens (including phenoxy) is 1. The maximum atomic E-state index is 12.1. The van der Waals surface area contributed by atoms with Crippen LogP contribution in [-0.2, 0) is 0 Å². The topological polar surface area (TPSA) is 101 Å². The Labute approximate surface area is 138 Å². The summed E-state index contributed by atoms with van der Waals surface area (Å²) in [6, 6.07) is 7.13. The van der Waals surface area contributed by atoms with Crippen molar-refractivity contribution in [1.29, 1.82) is 0 Å². The van der Waals surface area contributed by atoms with E-state index >= 15 is 0 Å². The first-order valence-electron chi connectivity index (χ1n) is 7.75. The third-order valence-electron chi connectivity index (χ3n) is 3.82. The molecule has 1 aromatic carbocycles. The Hall–Kier alpha value is -2.96. The van der Waals surface area contributed by atoms with Gasteiger partial charge in [0.25, 0.3) is 5.91 Å². The number of hydrogen-bond donors (Lipinski definition) is 2. The van der Waals surface area contributed by atoms with Crippen molar-refractivity contribution in [3.8, 4) is 5.75 Å². The van der Waals surface area contributed by atoms with E-state index in [0.29, 0.717) is 5.69 Å². The van der Waals surface area contributed by atoms with Gasteiger partial charge in [0.1, 0.15) is 11.4 Å². The largest absolute Gasteiger partial charge is 0.490 e. The molecule has 124 valence electrons. The molecule has 0 aliphatic heterocycles. The average molecular weight is 327 g/mol. The molecule has 0 saturated heterocycles. The number of anilines is 1. The molecular formula is C17H17N3O4. The molecule has 1 amide bonds. The summed E-state index contributed by atoms with van der Waals surface area (Å²) in [5.41, 5.74) is 0.439. The number of carbonyl (C=O) groups is 2. The number of carboxylic acid groups (broad SMARTS) is 1. The number of aromatic carboxylic acids is 1. The third kappa shape index (κ3) is 3.87. The first kappa shape index (κ1) is 15.9. The van der Waals surface area contributed by atoms with Crippen molar-refractivity contribution in [2.75, 3.05) is 5.32 Å². The fraction of sp³-hybridized carbons (Fsp3) is 0.294. The highest BCUT2D eigenvalue weighted by Crippen LogP contribution is 2.25. The van der Waals surface area contributed by atoms with Crippen LogP contribution in [0.2, 0.25) is 0 Å². The van der Waals surface area contributed by atoms with Crippen molar-refractivity contribution >= 4 is 17.6 Å². The molecule has 1 fully saturated rings. The molecular weight excluding hydrogens is 310 g/mol. The molecule has 1 aliphatic rings. The number of carbonyl (C=O) groups excluding carboxylic acids is 1. The summed E-state index contributed by atoms with van der Waals surface area (Å²) in [5, 5.41) is 11.4. The van der Waals surface area contributed by atoms with Crippen LogP contribution >= 0.6 is 0 Å². The van der Waals surface area contributed by atoms with Crippen molar-refractivity contribution < 1.29 is 19.4 Å². The van der Waals surface area contributed by atoms with Gasteiger partial charge in [-0.15, -0.1) is 0 Å². The number of benzene rings is 1. The molecule has 2 N–H and O–H groups in total. The van der Waals surface area contributed by atoms with Gasteiger partial charge in [-0.25, -0.2) is 14.8 Å². The van der Waals surface area contributed by atoms with Crippen LogP contribution in [0.25, 0.3) is 0 Å². The molecule has 0 radical (unpaired) electrons. The summed E-state index contributed by atoms with van der Waals surface area (Å²) in [7, 11) is 0. The zero-order chi connectivity index (χ0) is 16.9. The van der Waals surface area contributed by atoms with Gasteiger partial charge in [0.05, 0.1) is 18.5 Å². The maximum absolute atomic E-state index is 12.1. The highest BCUT2D eigenvalue weighted by atomic mass is 16.5. The molecule has 0 bridgehead atoms. The van der Waals surface area contributed by atoms with E-state index in [2.05, 4.69) is 15.3 Å². The summed E-state index contributed by atoms with van der Waals surface area (Å²) in [6.07, 6.45) is 7.06. The molecule has 2 aromatic rings. The van der Waals surface area contributed by atoms with E-state index in [0.717, 1.165) is 31.0 Å². The number of carboxylic acids is 1. The quantitative estimate of drug-likeness (QED) is 0.875. The molecule has 0 spiro atoms. The molecule has 1 saturated carbocycles. The monoisotopic (exact) mass is 327 g/mol. The summed E-state index contributed by atoms with van der Waals surface area (Å²) in [4.78, 5) is 30.3. The van der Waals surface area contributed by atoms with Crippen LogP contribution in [0.5, 0.6) is 5.75 Å². The molecule has 1 aromatic heterocycles.